The number of benzene rings is 1. The molecule has 0 bridgehead atoms. The summed E-state index contributed by atoms with van der Waals surface area (Å²) in [7, 11) is 1.80. The fraction of sp³-hybridized carbons (Fsp3) is 0.353. The van der Waals surface area contributed by atoms with Gasteiger partial charge < -0.3 is 10.2 Å². The predicted molar refractivity (Wildman–Crippen MR) is 88.4 cm³/mol. The lowest BCUT2D eigenvalue weighted by atomic mass is 10.2. The summed E-state index contributed by atoms with van der Waals surface area (Å²) in [4.78, 5) is 22.3. The minimum atomic E-state index is -0.0807. The van der Waals surface area contributed by atoms with E-state index in [9.17, 15) is 4.79 Å². The lowest BCUT2D eigenvalue weighted by molar-refractivity contribution is 0.0787. The van der Waals surface area contributed by atoms with Gasteiger partial charge in [-0.15, -0.1) is 0 Å². The van der Waals surface area contributed by atoms with Crippen LogP contribution in [-0.2, 0) is 0 Å². The Hall–Kier alpha value is -2.43. The van der Waals surface area contributed by atoms with Crippen LogP contribution in [0.1, 0.15) is 35.8 Å². The van der Waals surface area contributed by atoms with Gasteiger partial charge in [-0.3, -0.25) is 4.79 Å². The first-order valence-electron chi connectivity index (χ1n) is 7.51. The van der Waals surface area contributed by atoms with Crippen molar-refractivity contribution in [2.45, 2.75) is 26.7 Å². The van der Waals surface area contributed by atoms with Gasteiger partial charge in [0.05, 0.1) is 0 Å². The van der Waals surface area contributed by atoms with Gasteiger partial charge in [0.25, 0.3) is 5.91 Å². The highest BCUT2D eigenvalue weighted by molar-refractivity contribution is 5.92. The number of rotatable bonds is 6. The monoisotopic (exact) mass is 298 g/mol. The van der Waals surface area contributed by atoms with Gasteiger partial charge in [-0.05, 0) is 25.5 Å². The van der Waals surface area contributed by atoms with Crippen molar-refractivity contribution in [2.24, 2.45) is 0 Å². The van der Waals surface area contributed by atoms with E-state index >= 15 is 0 Å². The number of hydrogen-bond donors (Lipinski definition) is 1. The molecule has 0 fully saturated rings. The number of carbonyl (C=O) groups excluding carboxylic acids is 1. The number of hydrogen-bond acceptors (Lipinski definition) is 4. The van der Waals surface area contributed by atoms with Gasteiger partial charge in [0.1, 0.15) is 17.8 Å². The molecule has 0 saturated heterocycles. The Labute approximate surface area is 131 Å². The second kappa shape index (κ2) is 7.54. The Bertz CT molecular complexity index is 625. The minimum Gasteiger partial charge on any atom is -0.340 e. The SMILES string of the molecule is CCCCN(C)C(=O)c1cc(Nc2ccc(C)cc2)ncn1. The molecule has 1 N–H and O–H groups in total. The van der Waals surface area contributed by atoms with Crippen LogP contribution in [0.5, 0.6) is 0 Å². The number of unbranched alkanes of at least 4 members (excludes halogenated alkanes) is 1. The largest absolute Gasteiger partial charge is 0.340 e. The maximum absolute atomic E-state index is 12.3. The molecule has 5 heteroatoms. The van der Waals surface area contributed by atoms with E-state index in [2.05, 4.69) is 22.2 Å². The molecule has 1 aromatic heterocycles. The molecule has 22 heavy (non-hydrogen) atoms. The van der Waals surface area contributed by atoms with Gasteiger partial charge in [0.2, 0.25) is 0 Å². The van der Waals surface area contributed by atoms with E-state index in [1.54, 1.807) is 18.0 Å². The number of aromatic nitrogens is 2. The smallest absolute Gasteiger partial charge is 0.272 e. The summed E-state index contributed by atoms with van der Waals surface area (Å²) in [6.45, 7) is 4.88. The van der Waals surface area contributed by atoms with E-state index in [1.807, 2.05) is 31.2 Å². The Balaban J connectivity index is 2.09. The molecular weight excluding hydrogens is 276 g/mol. The van der Waals surface area contributed by atoms with E-state index in [0.717, 1.165) is 25.1 Å². The number of nitrogens with one attached hydrogen (secondary N) is 1. The topological polar surface area (TPSA) is 58.1 Å². The molecule has 0 atom stereocenters. The summed E-state index contributed by atoms with van der Waals surface area (Å²) in [6.07, 6.45) is 3.46. The highest BCUT2D eigenvalue weighted by atomic mass is 16.2. The Morgan fingerprint density at radius 2 is 1.95 bits per heavy atom. The first-order chi connectivity index (χ1) is 10.6. The van der Waals surface area contributed by atoms with Crippen molar-refractivity contribution in [3.05, 3.63) is 47.9 Å². The maximum atomic E-state index is 12.3. The number of amides is 1. The van der Waals surface area contributed by atoms with Crippen LogP contribution in [0.3, 0.4) is 0 Å². The van der Waals surface area contributed by atoms with Crippen LogP contribution in [0.4, 0.5) is 11.5 Å². The third-order valence-electron chi connectivity index (χ3n) is 3.40. The molecule has 0 unspecified atom stereocenters. The molecule has 0 spiro atoms. The highest BCUT2D eigenvalue weighted by Crippen LogP contribution is 2.15. The molecule has 0 aliphatic rings. The Morgan fingerprint density at radius 3 is 2.64 bits per heavy atom. The Morgan fingerprint density at radius 1 is 1.23 bits per heavy atom. The first-order valence-corrected chi connectivity index (χ1v) is 7.51. The molecule has 2 aromatic rings. The number of anilines is 2. The third kappa shape index (κ3) is 4.28. The molecule has 116 valence electrons. The van der Waals surface area contributed by atoms with Gasteiger partial charge in [0.15, 0.2) is 0 Å². The fourth-order valence-corrected chi connectivity index (χ4v) is 2.02. The standard InChI is InChI=1S/C17H22N4O/c1-4-5-10-21(3)17(22)15-11-16(19-12-18-15)20-14-8-6-13(2)7-9-14/h6-9,11-12H,4-5,10H2,1-3H3,(H,18,19,20). The van der Waals surface area contributed by atoms with Crippen LogP contribution in [0.15, 0.2) is 36.7 Å². The molecule has 1 aromatic carbocycles. The van der Waals surface area contributed by atoms with Crippen LogP contribution in [0, 0.1) is 6.92 Å². The second-order valence-electron chi connectivity index (χ2n) is 5.36. The zero-order valence-corrected chi connectivity index (χ0v) is 13.3. The average molecular weight is 298 g/mol. The van der Waals surface area contributed by atoms with Crippen molar-refractivity contribution in [1.29, 1.82) is 0 Å². The van der Waals surface area contributed by atoms with Crippen molar-refractivity contribution >= 4 is 17.4 Å². The summed E-state index contributed by atoms with van der Waals surface area (Å²) in [5.74, 6) is 0.536. The summed E-state index contributed by atoms with van der Waals surface area (Å²) >= 11 is 0. The molecule has 2 rings (SSSR count). The van der Waals surface area contributed by atoms with Gasteiger partial charge in [-0.1, -0.05) is 31.0 Å². The lowest BCUT2D eigenvalue weighted by Gasteiger charge is -2.16. The Kier molecular flexibility index (Phi) is 5.47. The van der Waals surface area contributed by atoms with E-state index in [0.29, 0.717) is 11.5 Å². The summed E-state index contributed by atoms with van der Waals surface area (Å²) in [6, 6.07) is 9.69. The van der Waals surface area contributed by atoms with Crippen molar-refractivity contribution in [3.63, 3.8) is 0 Å². The van der Waals surface area contributed by atoms with E-state index in [-0.39, 0.29) is 5.91 Å². The molecule has 5 nitrogen and oxygen atoms in total. The zero-order valence-electron chi connectivity index (χ0n) is 13.3. The van der Waals surface area contributed by atoms with Crippen LogP contribution in [0.25, 0.3) is 0 Å². The van der Waals surface area contributed by atoms with Crippen molar-refractivity contribution < 1.29 is 4.79 Å². The van der Waals surface area contributed by atoms with E-state index in [1.165, 1.54) is 11.9 Å². The molecule has 0 saturated carbocycles. The molecule has 1 amide bonds. The van der Waals surface area contributed by atoms with Crippen LogP contribution in [-0.4, -0.2) is 34.4 Å². The van der Waals surface area contributed by atoms with E-state index < -0.39 is 0 Å². The molecular formula is C17H22N4O. The lowest BCUT2D eigenvalue weighted by Crippen LogP contribution is -2.28. The van der Waals surface area contributed by atoms with E-state index in [4.69, 9.17) is 0 Å². The average Bonchev–Trinajstić information content (AvgIpc) is 2.54. The molecule has 0 aliphatic heterocycles. The first kappa shape index (κ1) is 15.9. The molecule has 0 radical (unpaired) electrons. The quantitative estimate of drug-likeness (QED) is 0.888. The van der Waals surface area contributed by atoms with Gasteiger partial charge in [0, 0.05) is 25.3 Å². The maximum Gasteiger partial charge on any atom is 0.272 e. The predicted octanol–water partition coefficient (Wildman–Crippen LogP) is 3.40. The number of carbonyl (C=O) groups is 1. The highest BCUT2D eigenvalue weighted by Gasteiger charge is 2.13. The van der Waals surface area contributed by atoms with Gasteiger partial charge in [-0.25, -0.2) is 9.97 Å². The zero-order chi connectivity index (χ0) is 15.9. The van der Waals surface area contributed by atoms with Crippen molar-refractivity contribution in [2.75, 3.05) is 18.9 Å². The summed E-state index contributed by atoms with van der Waals surface area (Å²) in [5, 5.41) is 3.19. The molecule has 1 heterocycles. The summed E-state index contributed by atoms with van der Waals surface area (Å²) in [5.41, 5.74) is 2.53. The number of nitrogens with zero attached hydrogens (tertiary/aromatic N) is 3. The third-order valence-corrected chi connectivity index (χ3v) is 3.40. The van der Waals surface area contributed by atoms with Gasteiger partial charge in [-0.2, -0.15) is 0 Å². The molecule has 0 aliphatic carbocycles. The van der Waals surface area contributed by atoms with Crippen molar-refractivity contribution in [3.8, 4) is 0 Å². The minimum absolute atomic E-state index is 0.0807. The van der Waals surface area contributed by atoms with Gasteiger partial charge >= 0.3 is 0 Å². The second-order valence-corrected chi connectivity index (χ2v) is 5.36. The van der Waals surface area contributed by atoms with Crippen LogP contribution < -0.4 is 5.32 Å². The van der Waals surface area contributed by atoms with Crippen LogP contribution in [0.2, 0.25) is 0 Å². The van der Waals surface area contributed by atoms with Crippen LogP contribution >= 0.6 is 0 Å². The summed E-state index contributed by atoms with van der Waals surface area (Å²) < 4.78 is 0. The normalized spacial score (nSPS) is 10.3. The fourth-order valence-electron chi connectivity index (χ4n) is 2.02. The number of aryl methyl sites for hydroxylation is 1. The van der Waals surface area contributed by atoms with Crippen molar-refractivity contribution in [1.82, 2.24) is 14.9 Å².